The minimum Gasteiger partial charge on any atom is -0.351 e. The number of carbonyl (C=O) groups is 1. The Morgan fingerprint density at radius 2 is 1.96 bits per heavy atom. The van der Waals surface area contributed by atoms with Gasteiger partial charge in [0.05, 0.1) is 29.8 Å². The Kier molecular flexibility index (Phi) is 3.67. The number of hydrogen-bond acceptors (Lipinski definition) is 3. The highest BCUT2D eigenvalue weighted by Crippen LogP contribution is 2.25. The lowest BCUT2D eigenvalue weighted by molar-refractivity contribution is -0.121. The zero-order valence-corrected chi connectivity index (χ0v) is 12.9. The minimum absolute atomic E-state index is 0.00784. The van der Waals surface area contributed by atoms with Crippen molar-refractivity contribution in [3.63, 3.8) is 0 Å². The molecule has 5 nitrogen and oxygen atoms in total. The molecule has 1 aliphatic heterocycles. The SMILES string of the molecule is O=C1NCc2ccccc2C1C=Nc1ccc(-c2cnc[nH]2)cc1. The van der Waals surface area contributed by atoms with Crippen LogP contribution in [0.15, 0.2) is 66.0 Å². The highest BCUT2D eigenvalue weighted by Gasteiger charge is 2.25. The molecule has 0 saturated heterocycles. The Bertz CT molecular complexity index is 882. The van der Waals surface area contributed by atoms with Gasteiger partial charge in [-0.05, 0) is 28.8 Å². The van der Waals surface area contributed by atoms with E-state index in [2.05, 4.69) is 20.3 Å². The molecule has 4 rings (SSSR count). The largest absolute Gasteiger partial charge is 0.351 e. The van der Waals surface area contributed by atoms with E-state index in [1.54, 1.807) is 18.7 Å². The molecule has 0 spiro atoms. The molecular weight excluding hydrogens is 300 g/mol. The first-order valence-corrected chi connectivity index (χ1v) is 7.80. The normalized spacial score (nSPS) is 16.8. The van der Waals surface area contributed by atoms with Gasteiger partial charge in [-0.25, -0.2) is 4.98 Å². The third kappa shape index (κ3) is 2.72. The van der Waals surface area contributed by atoms with Gasteiger partial charge in [0.2, 0.25) is 5.91 Å². The third-order valence-corrected chi connectivity index (χ3v) is 4.17. The molecule has 24 heavy (non-hydrogen) atoms. The number of benzene rings is 2. The van der Waals surface area contributed by atoms with Crippen LogP contribution in [0.1, 0.15) is 17.0 Å². The Labute approximate surface area is 139 Å². The number of imidazole rings is 1. The van der Waals surface area contributed by atoms with Crippen LogP contribution in [-0.2, 0) is 11.3 Å². The zero-order valence-electron chi connectivity index (χ0n) is 12.9. The fraction of sp³-hybridized carbons (Fsp3) is 0.105. The smallest absolute Gasteiger partial charge is 0.233 e. The number of aliphatic imine (C=N–C) groups is 1. The quantitative estimate of drug-likeness (QED) is 0.729. The predicted octanol–water partition coefficient (Wildman–Crippen LogP) is 3.19. The van der Waals surface area contributed by atoms with Crippen LogP contribution in [0.25, 0.3) is 11.3 Å². The molecule has 2 heterocycles. The number of H-pyrrole nitrogens is 1. The van der Waals surface area contributed by atoms with Crippen molar-refractivity contribution in [2.75, 3.05) is 0 Å². The summed E-state index contributed by atoms with van der Waals surface area (Å²) in [5, 5.41) is 2.91. The second-order valence-electron chi connectivity index (χ2n) is 5.68. The lowest BCUT2D eigenvalue weighted by atomic mass is 9.91. The average Bonchev–Trinajstić information content (AvgIpc) is 3.16. The van der Waals surface area contributed by atoms with E-state index in [0.29, 0.717) is 6.54 Å². The molecule has 0 saturated carbocycles. The van der Waals surface area contributed by atoms with Crippen molar-refractivity contribution in [3.8, 4) is 11.3 Å². The van der Waals surface area contributed by atoms with Crippen LogP contribution in [0, 0.1) is 0 Å². The molecule has 3 aromatic rings. The van der Waals surface area contributed by atoms with Gasteiger partial charge in [0.15, 0.2) is 0 Å². The van der Waals surface area contributed by atoms with Gasteiger partial charge in [-0.1, -0.05) is 36.4 Å². The van der Waals surface area contributed by atoms with Crippen molar-refractivity contribution >= 4 is 17.8 Å². The molecule has 0 bridgehead atoms. The van der Waals surface area contributed by atoms with Crippen LogP contribution < -0.4 is 5.32 Å². The summed E-state index contributed by atoms with van der Waals surface area (Å²) in [6, 6.07) is 15.8. The number of fused-ring (bicyclic) bond motifs is 1. The topological polar surface area (TPSA) is 70.1 Å². The van der Waals surface area contributed by atoms with Gasteiger partial charge in [0, 0.05) is 12.8 Å². The van der Waals surface area contributed by atoms with Gasteiger partial charge in [-0.15, -0.1) is 0 Å². The summed E-state index contributed by atoms with van der Waals surface area (Å²) in [6.45, 7) is 0.582. The van der Waals surface area contributed by atoms with Crippen molar-refractivity contribution < 1.29 is 4.79 Å². The molecule has 0 aliphatic carbocycles. The van der Waals surface area contributed by atoms with Gasteiger partial charge in [0.25, 0.3) is 0 Å². The van der Waals surface area contributed by atoms with Crippen LogP contribution >= 0.6 is 0 Å². The van der Waals surface area contributed by atoms with Crippen molar-refractivity contribution in [1.29, 1.82) is 0 Å². The molecule has 0 radical (unpaired) electrons. The molecule has 5 heteroatoms. The molecule has 0 fully saturated rings. The molecular formula is C19H16N4O. The Balaban J connectivity index is 1.58. The fourth-order valence-electron chi connectivity index (χ4n) is 2.88. The van der Waals surface area contributed by atoms with Crippen molar-refractivity contribution in [2.45, 2.75) is 12.5 Å². The summed E-state index contributed by atoms with van der Waals surface area (Å²) in [5.74, 6) is -0.353. The molecule has 118 valence electrons. The number of rotatable bonds is 3. The first-order valence-electron chi connectivity index (χ1n) is 7.80. The number of amides is 1. The summed E-state index contributed by atoms with van der Waals surface area (Å²) in [4.78, 5) is 23.8. The monoisotopic (exact) mass is 316 g/mol. The first kappa shape index (κ1) is 14.4. The number of nitrogens with one attached hydrogen (secondary N) is 2. The molecule has 1 aliphatic rings. The van der Waals surface area contributed by atoms with Crippen LogP contribution in [-0.4, -0.2) is 22.1 Å². The fourth-order valence-corrected chi connectivity index (χ4v) is 2.88. The molecule has 2 N–H and O–H groups in total. The third-order valence-electron chi connectivity index (χ3n) is 4.17. The summed E-state index contributed by atoms with van der Waals surface area (Å²) in [5.41, 5.74) is 5.00. The number of carbonyl (C=O) groups excluding carboxylic acids is 1. The van der Waals surface area contributed by atoms with Gasteiger partial charge in [-0.3, -0.25) is 9.79 Å². The summed E-state index contributed by atoms with van der Waals surface area (Å²) < 4.78 is 0. The van der Waals surface area contributed by atoms with E-state index in [1.807, 2.05) is 48.5 Å². The number of hydrogen-bond donors (Lipinski definition) is 2. The lowest BCUT2D eigenvalue weighted by Gasteiger charge is -2.22. The highest BCUT2D eigenvalue weighted by molar-refractivity contribution is 6.01. The summed E-state index contributed by atoms with van der Waals surface area (Å²) in [6.07, 6.45) is 5.15. The number of aromatic nitrogens is 2. The van der Waals surface area contributed by atoms with Gasteiger partial charge in [0.1, 0.15) is 0 Å². The van der Waals surface area contributed by atoms with Crippen molar-refractivity contribution in [1.82, 2.24) is 15.3 Å². The Morgan fingerprint density at radius 3 is 2.75 bits per heavy atom. The maximum absolute atomic E-state index is 12.2. The maximum Gasteiger partial charge on any atom is 0.233 e. The van der Waals surface area contributed by atoms with E-state index in [0.717, 1.165) is 28.1 Å². The van der Waals surface area contributed by atoms with E-state index >= 15 is 0 Å². The maximum atomic E-state index is 12.2. The summed E-state index contributed by atoms with van der Waals surface area (Å²) >= 11 is 0. The van der Waals surface area contributed by atoms with E-state index in [1.165, 1.54) is 0 Å². The van der Waals surface area contributed by atoms with Crippen molar-refractivity contribution in [2.24, 2.45) is 4.99 Å². The first-order chi connectivity index (χ1) is 11.8. The Morgan fingerprint density at radius 1 is 1.12 bits per heavy atom. The van der Waals surface area contributed by atoms with Crippen LogP contribution in [0.4, 0.5) is 5.69 Å². The van der Waals surface area contributed by atoms with Crippen LogP contribution in [0.2, 0.25) is 0 Å². The standard InChI is InChI=1S/C19H16N4O/c24-19-17(16-4-2-1-3-14(16)9-22-19)10-21-15-7-5-13(6-8-15)18-11-20-12-23-18/h1-8,10-12,17H,9H2,(H,20,23)(H,22,24). The molecule has 1 unspecified atom stereocenters. The van der Waals surface area contributed by atoms with Gasteiger partial charge in [-0.2, -0.15) is 0 Å². The predicted molar refractivity (Wildman–Crippen MR) is 93.2 cm³/mol. The Hall–Kier alpha value is -3.21. The molecule has 2 aromatic carbocycles. The summed E-state index contributed by atoms with van der Waals surface area (Å²) in [7, 11) is 0. The average molecular weight is 316 g/mol. The van der Waals surface area contributed by atoms with E-state index in [9.17, 15) is 4.79 Å². The second-order valence-corrected chi connectivity index (χ2v) is 5.68. The molecule has 1 atom stereocenters. The van der Waals surface area contributed by atoms with Crippen molar-refractivity contribution in [3.05, 3.63) is 72.2 Å². The van der Waals surface area contributed by atoms with E-state index < -0.39 is 0 Å². The number of aromatic amines is 1. The van der Waals surface area contributed by atoms with Gasteiger partial charge < -0.3 is 10.3 Å². The van der Waals surface area contributed by atoms with E-state index in [-0.39, 0.29) is 11.8 Å². The molecule has 1 aromatic heterocycles. The second kappa shape index (κ2) is 6.12. The highest BCUT2D eigenvalue weighted by atomic mass is 16.1. The van der Waals surface area contributed by atoms with E-state index in [4.69, 9.17) is 0 Å². The molecule has 1 amide bonds. The zero-order chi connectivity index (χ0) is 16.4. The van der Waals surface area contributed by atoms with Crippen LogP contribution in [0.3, 0.4) is 0 Å². The van der Waals surface area contributed by atoms with Crippen LogP contribution in [0.5, 0.6) is 0 Å². The van der Waals surface area contributed by atoms with Gasteiger partial charge >= 0.3 is 0 Å². The lowest BCUT2D eigenvalue weighted by Crippen LogP contribution is -2.35. The minimum atomic E-state index is -0.345. The number of nitrogens with zero attached hydrogens (tertiary/aromatic N) is 2.